The van der Waals surface area contributed by atoms with Gasteiger partial charge in [0.25, 0.3) is 5.91 Å². The molecule has 0 saturated carbocycles. The molecule has 5 heteroatoms. The van der Waals surface area contributed by atoms with Gasteiger partial charge >= 0.3 is 0 Å². The quantitative estimate of drug-likeness (QED) is 0.916. The van der Waals surface area contributed by atoms with Crippen LogP contribution in [0.5, 0.6) is 0 Å². The summed E-state index contributed by atoms with van der Waals surface area (Å²) in [6.07, 6.45) is 1.54. The van der Waals surface area contributed by atoms with Gasteiger partial charge in [0.1, 0.15) is 5.82 Å². The van der Waals surface area contributed by atoms with Crippen molar-refractivity contribution in [3.8, 4) is 0 Å². The number of hydrogen-bond acceptors (Lipinski definition) is 3. The van der Waals surface area contributed by atoms with E-state index < -0.39 is 0 Å². The number of carbonyl (C=O) groups is 1. The molecule has 1 aromatic carbocycles. The van der Waals surface area contributed by atoms with Gasteiger partial charge in [-0.3, -0.25) is 4.79 Å². The molecule has 2 aromatic rings. The molecule has 0 bridgehead atoms. The lowest BCUT2D eigenvalue weighted by Crippen LogP contribution is -2.12. The number of benzene rings is 1. The monoisotopic (exact) mass is 305 g/mol. The molecule has 2 rings (SSSR count). The second kappa shape index (κ2) is 5.64. The van der Waals surface area contributed by atoms with Gasteiger partial charge in [-0.25, -0.2) is 4.98 Å². The Bertz CT molecular complexity index is 537. The molecule has 0 unspecified atom stereocenters. The Morgan fingerprint density at radius 1 is 1.17 bits per heavy atom. The van der Waals surface area contributed by atoms with Gasteiger partial charge in [-0.1, -0.05) is 15.9 Å². The Morgan fingerprint density at radius 3 is 2.44 bits per heavy atom. The Kier molecular flexibility index (Phi) is 3.94. The molecule has 1 aromatic heterocycles. The minimum Gasteiger partial charge on any atom is -0.373 e. The Balaban J connectivity index is 2.09. The SMILES string of the molecule is CNc1ccc(C(=O)Nc2ccc(Br)cc2)cn1. The summed E-state index contributed by atoms with van der Waals surface area (Å²) in [5.74, 6) is 0.558. The third-order valence-electron chi connectivity index (χ3n) is 2.38. The summed E-state index contributed by atoms with van der Waals surface area (Å²) < 4.78 is 0.973. The smallest absolute Gasteiger partial charge is 0.257 e. The first-order valence-electron chi connectivity index (χ1n) is 5.40. The highest BCUT2D eigenvalue weighted by atomic mass is 79.9. The van der Waals surface area contributed by atoms with Gasteiger partial charge < -0.3 is 10.6 Å². The Labute approximate surface area is 114 Å². The summed E-state index contributed by atoms with van der Waals surface area (Å²) in [6.45, 7) is 0. The molecule has 18 heavy (non-hydrogen) atoms. The van der Waals surface area contributed by atoms with E-state index in [2.05, 4.69) is 31.5 Å². The maximum atomic E-state index is 11.9. The maximum Gasteiger partial charge on any atom is 0.257 e. The summed E-state index contributed by atoms with van der Waals surface area (Å²) >= 11 is 3.34. The second-order valence-electron chi connectivity index (χ2n) is 3.64. The number of anilines is 2. The van der Waals surface area contributed by atoms with Gasteiger partial charge in [0, 0.05) is 23.4 Å². The zero-order chi connectivity index (χ0) is 13.0. The van der Waals surface area contributed by atoms with Crippen molar-refractivity contribution in [2.24, 2.45) is 0 Å². The first kappa shape index (κ1) is 12.6. The molecule has 0 aliphatic heterocycles. The Hall–Kier alpha value is -1.88. The zero-order valence-corrected chi connectivity index (χ0v) is 11.4. The van der Waals surface area contributed by atoms with Crippen LogP contribution in [0.2, 0.25) is 0 Å². The number of hydrogen-bond donors (Lipinski definition) is 2. The predicted octanol–water partition coefficient (Wildman–Crippen LogP) is 3.14. The summed E-state index contributed by atoms with van der Waals surface area (Å²) in [7, 11) is 1.78. The van der Waals surface area contributed by atoms with Crippen LogP contribution in [0.3, 0.4) is 0 Å². The van der Waals surface area contributed by atoms with Crippen LogP contribution in [-0.4, -0.2) is 17.9 Å². The summed E-state index contributed by atoms with van der Waals surface area (Å²) in [5, 5.41) is 5.70. The fourth-order valence-corrected chi connectivity index (χ4v) is 1.68. The number of nitrogens with zero attached hydrogens (tertiary/aromatic N) is 1. The predicted molar refractivity (Wildman–Crippen MR) is 75.9 cm³/mol. The first-order chi connectivity index (χ1) is 8.69. The average molecular weight is 306 g/mol. The summed E-state index contributed by atoms with van der Waals surface area (Å²) in [5.41, 5.74) is 1.28. The molecule has 0 atom stereocenters. The average Bonchev–Trinajstić information content (AvgIpc) is 2.41. The fraction of sp³-hybridized carbons (Fsp3) is 0.0769. The van der Waals surface area contributed by atoms with Crippen molar-refractivity contribution >= 4 is 33.3 Å². The van der Waals surface area contributed by atoms with Crippen LogP contribution in [0.15, 0.2) is 47.1 Å². The van der Waals surface area contributed by atoms with Crippen molar-refractivity contribution < 1.29 is 4.79 Å². The lowest BCUT2D eigenvalue weighted by molar-refractivity contribution is 0.102. The number of halogens is 1. The van der Waals surface area contributed by atoms with Crippen LogP contribution in [0, 0.1) is 0 Å². The van der Waals surface area contributed by atoms with Gasteiger partial charge in [0.05, 0.1) is 5.56 Å². The molecule has 4 nitrogen and oxygen atoms in total. The summed E-state index contributed by atoms with van der Waals surface area (Å²) in [6, 6.07) is 10.9. The van der Waals surface area contributed by atoms with Gasteiger partial charge in [-0.05, 0) is 36.4 Å². The number of nitrogens with one attached hydrogen (secondary N) is 2. The zero-order valence-electron chi connectivity index (χ0n) is 9.77. The van der Waals surface area contributed by atoms with Crippen LogP contribution in [0.4, 0.5) is 11.5 Å². The van der Waals surface area contributed by atoms with Crippen molar-refractivity contribution in [2.75, 3.05) is 17.7 Å². The van der Waals surface area contributed by atoms with Gasteiger partial charge in [-0.15, -0.1) is 0 Å². The van der Waals surface area contributed by atoms with E-state index >= 15 is 0 Å². The summed E-state index contributed by atoms with van der Waals surface area (Å²) in [4.78, 5) is 16.0. The topological polar surface area (TPSA) is 54.0 Å². The van der Waals surface area contributed by atoms with Gasteiger partial charge in [-0.2, -0.15) is 0 Å². The highest BCUT2D eigenvalue weighted by Crippen LogP contribution is 2.15. The third-order valence-corrected chi connectivity index (χ3v) is 2.91. The first-order valence-corrected chi connectivity index (χ1v) is 6.19. The van der Waals surface area contributed by atoms with E-state index in [1.807, 2.05) is 24.3 Å². The maximum absolute atomic E-state index is 11.9. The normalized spacial score (nSPS) is 9.89. The molecule has 0 radical (unpaired) electrons. The van der Waals surface area contributed by atoms with Crippen molar-refractivity contribution in [1.29, 1.82) is 0 Å². The van der Waals surface area contributed by atoms with Crippen molar-refractivity contribution in [2.45, 2.75) is 0 Å². The van der Waals surface area contributed by atoms with Crippen molar-refractivity contribution in [1.82, 2.24) is 4.98 Å². The van der Waals surface area contributed by atoms with Gasteiger partial charge in [0.15, 0.2) is 0 Å². The number of aromatic nitrogens is 1. The lowest BCUT2D eigenvalue weighted by Gasteiger charge is -2.05. The van der Waals surface area contributed by atoms with E-state index in [1.54, 1.807) is 25.4 Å². The van der Waals surface area contributed by atoms with E-state index in [0.717, 1.165) is 16.0 Å². The van der Waals surface area contributed by atoms with Gasteiger partial charge in [0.2, 0.25) is 0 Å². The minimum absolute atomic E-state index is 0.174. The van der Waals surface area contributed by atoms with E-state index in [-0.39, 0.29) is 5.91 Å². The standard InChI is InChI=1S/C13H12BrN3O/c1-15-12-7-2-9(8-16-12)13(18)17-11-5-3-10(14)4-6-11/h2-8H,1H3,(H,15,16)(H,17,18). The molecule has 1 amide bonds. The van der Waals surface area contributed by atoms with E-state index in [4.69, 9.17) is 0 Å². The molecular weight excluding hydrogens is 294 g/mol. The largest absolute Gasteiger partial charge is 0.373 e. The third kappa shape index (κ3) is 3.07. The molecule has 0 spiro atoms. The lowest BCUT2D eigenvalue weighted by atomic mass is 10.2. The van der Waals surface area contributed by atoms with Crippen molar-refractivity contribution in [3.63, 3.8) is 0 Å². The van der Waals surface area contributed by atoms with Crippen LogP contribution >= 0.6 is 15.9 Å². The van der Waals surface area contributed by atoms with Crippen LogP contribution in [0.1, 0.15) is 10.4 Å². The Morgan fingerprint density at radius 2 is 1.89 bits per heavy atom. The molecule has 1 heterocycles. The molecule has 0 fully saturated rings. The highest BCUT2D eigenvalue weighted by molar-refractivity contribution is 9.10. The molecule has 2 N–H and O–H groups in total. The number of rotatable bonds is 3. The van der Waals surface area contributed by atoms with Crippen LogP contribution in [0.25, 0.3) is 0 Å². The molecule has 92 valence electrons. The van der Waals surface area contributed by atoms with E-state index in [9.17, 15) is 4.79 Å². The van der Waals surface area contributed by atoms with E-state index in [0.29, 0.717) is 5.56 Å². The van der Waals surface area contributed by atoms with Crippen LogP contribution < -0.4 is 10.6 Å². The number of carbonyl (C=O) groups excluding carboxylic acids is 1. The minimum atomic E-state index is -0.174. The fourth-order valence-electron chi connectivity index (χ4n) is 1.41. The van der Waals surface area contributed by atoms with Crippen molar-refractivity contribution in [3.05, 3.63) is 52.6 Å². The number of pyridine rings is 1. The molecule has 0 aliphatic rings. The van der Waals surface area contributed by atoms with Crippen LogP contribution in [-0.2, 0) is 0 Å². The number of amides is 1. The highest BCUT2D eigenvalue weighted by Gasteiger charge is 2.06. The second-order valence-corrected chi connectivity index (χ2v) is 4.56. The molecular formula is C13H12BrN3O. The molecule has 0 aliphatic carbocycles. The molecule has 0 saturated heterocycles. The van der Waals surface area contributed by atoms with E-state index in [1.165, 1.54) is 0 Å².